The number of aryl methyl sites for hydroxylation is 3. The zero-order valence-electron chi connectivity index (χ0n) is 10.3. The summed E-state index contributed by atoms with van der Waals surface area (Å²) >= 11 is 7.50. The van der Waals surface area contributed by atoms with E-state index in [0.29, 0.717) is 0 Å². The maximum atomic E-state index is 6.30. The molecule has 0 radical (unpaired) electrons. The Kier molecular flexibility index (Phi) is 3.57. The molecule has 2 aromatic rings. The Hall–Kier alpha value is -0.830. The molecule has 1 heterocycles. The zero-order chi connectivity index (χ0) is 12.6. The van der Waals surface area contributed by atoms with Gasteiger partial charge >= 0.3 is 0 Å². The van der Waals surface area contributed by atoms with Crippen molar-refractivity contribution in [2.45, 2.75) is 26.8 Å². The Labute approximate surface area is 111 Å². The van der Waals surface area contributed by atoms with Crippen LogP contribution in [-0.4, -0.2) is 0 Å². The molecule has 0 bridgehead atoms. The van der Waals surface area contributed by atoms with Crippen LogP contribution in [0.25, 0.3) is 0 Å². The van der Waals surface area contributed by atoms with Crippen molar-refractivity contribution in [1.29, 1.82) is 0 Å². The number of hydrogen-bond acceptors (Lipinski definition) is 2. The third kappa shape index (κ3) is 2.54. The summed E-state index contributed by atoms with van der Waals surface area (Å²) in [6.45, 7) is 6.35. The predicted octanol–water partition coefficient (Wildman–Crippen LogP) is 4.37. The van der Waals surface area contributed by atoms with Gasteiger partial charge in [0.25, 0.3) is 0 Å². The first-order chi connectivity index (χ1) is 7.99. The first-order valence-corrected chi connectivity index (χ1v) is 6.77. The summed E-state index contributed by atoms with van der Waals surface area (Å²) in [6, 6.07) is 8.21. The summed E-state index contributed by atoms with van der Waals surface area (Å²) in [5.74, 6) is 0. The molecule has 0 spiro atoms. The number of rotatable bonds is 2. The van der Waals surface area contributed by atoms with Crippen LogP contribution in [0.15, 0.2) is 24.3 Å². The lowest BCUT2D eigenvalue weighted by atomic mass is 9.95. The van der Waals surface area contributed by atoms with Gasteiger partial charge in [-0.3, -0.25) is 0 Å². The highest BCUT2D eigenvalue weighted by atomic mass is 35.5. The Morgan fingerprint density at radius 2 is 1.71 bits per heavy atom. The molecule has 0 aliphatic carbocycles. The normalized spacial score (nSPS) is 12.8. The molecule has 0 aliphatic heterocycles. The van der Waals surface area contributed by atoms with E-state index in [1.807, 2.05) is 12.1 Å². The molecule has 1 aromatic carbocycles. The minimum Gasteiger partial charge on any atom is -0.320 e. The molecule has 1 nitrogen and oxygen atoms in total. The summed E-state index contributed by atoms with van der Waals surface area (Å²) in [5, 5.41) is 0. The van der Waals surface area contributed by atoms with Crippen molar-refractivity contribution in [1.82, 2.24) is 0 Å². The van der Waals surface area contributed by atoms with Gasteiger partial charge in [0.2, 0.25) is 0 Å². The Morgan fingerprint density at radius 3 is 2.29 bits per heavy atom. The molecular formula is C14H16ClNS. The number of halogens is 1. The van der Waals surface area contributed by atoms with Crippen LogP contribution in [-0.2, 0) is 0 Å². The largest absolute Gasteiger partial charge is 0.320 e. The van der Waals surface area contributed by atoms with E-state index in [1.165, 1.54) is 22.3 Å². The molecule has 0 saturated carbocycles. The van der Waals surface area contributed by atoms with Gasteiger partial charge < -0.3 is 5.73 Å². The number of hydrogen-bond donors (Lipinski definition) is 1. The average Bonchev–Trinajstić information content (AvgIpc) is 2.69. The van der Waals surface area contributed by atoms with E-state index in [4.69, 9.17) is 17.3 Å². The van der Waals surface area contributed by atoms with E-state index >= 15 is 0 Å². The predicted molar refractivity (Wildman–Crippen MR) is 76.0 cm³/mol. The summed E-state index contributed by atoms with van der Waals surface area (Å²) in [4.78, 5) is 1.11. The van der Waals surface area contributed by atoms with Crippen LogP contribution in [0.5, 0.6) is 0 Å². The molecule has 0 saturated heterocycles. The Bertz CT molecular complexity index is 545. The van der Waals surface area contributed by atoms with Gasteiger partial charge in [-0.25, -0.2) is 0 Å². The fraction of sp³-hybridized carbons (Fsp3) is 0.286. The lowest BCUT2D eigenvalue weighted by Gasteiger charge is -2.15. The van der Waals surface area contributed by atoms with Crippen LogP contribution >= 0.6 is 22.9 Å². The second-order valence-corrected chi connectivity index (χ2v) is 6.16. The molecule has 0 amide bonds. The summed E-state index contributed by atoms with van der Waals surface area (Å²) < 4.78 is 0.789. The Morgan fingerprint density at radius 1 is 1.06 bits per heavy atom. The lowest BCUT2D eigenvalue weighted by Crippen LogP contribution is -2.12. The van der Waals surface area contributed by atoms with Gasteiger partial charge in [-0.05, 0) is 55.2 Å². The van der Waals surface area contributed by atoms with Crippen molar-refractivity contribution in [3.05, 3.63) is 55.7 Å². The van der Waals surface area contributed by atoms with Gasteiger partial charge in [0.05, 0.1) is 10.4 Å². The molecular weight excluding hydrogens is 250 g/mol. The highest BCUT2D eigenvalue weighted by Gasteiger charge is 2.14. The lowest BCUT2D eigenvalue weighted by molar-refractivity contribution is 0.879. The van der Waals surface area contributed by atoms with Gasteiger partial charge in [0, 0.05) is 4.88 Å². The van der Waals surface area contributed by atoms with Gasteiger partial charge in [-0.15, -0.1) is 11.3 Å². The summed E-state index contributed by atoms with van der Waals surface area (Å²) in [7, 11) is 0. The first kappa shape index (κ1) is 12.6. The fourth-order valence-corrected chi connectivity index (χ4v) is 3.05. The van der Waals surface area contributed by atoms with Gasteiger partial charge in [-0.2, -0.15) is 0 Å². The molecule has 1 atom stereocenters. The second kappa shape index (κ2) is 4.81. The maximum absolute atomic E-state index is 6.30. The van der Waals surface area contributed by atoms with E-state index in [0.717, 1.165) is 9.21 Å². The molecule has 1 aromatic heterocycles. The van der Waals surface area contributed by atoms with Crippen LogP contribution in [0.2, 0.25) is 4.34 Å². The monoisotopic (exact) mass is 265 g/mol. The van der Waals surface area contributed by atoms with Crippen molar-refractivity contribution < 1.29 is 0 Å². The van der Waals surface area contributed by atoms with Crippen molar-refractivity contribution in [3.8, 4) is 0 Å². The van der Waals surface area contributed by atoms with E-state index in [1.54, 1.807) is 11.3 Å². The topological polar surface area (TPSA) is 26.0 Å². The second-order valence-electron chi connectivity index (χ2n) is 4.41. The van der Waals surface area contributed by atoms with Crippen molar-refractivity contribution in [3.63, 3.8) is 0 Å². The van der Waals surface area contributed by atoms with Crippen molar-refractivity contribution in [2.75, 3.05) is 0 Å². The standard InChI is InChI=1S/C14H16ClNS/c1-8-6-10(3)11(7-9(8)2)14(16)12-4-5-13(15)17-12/h4-7,14H,16H2,1-3H3. The van der Waals surface area contributed by atoms with E-state index in [9.17, 15) is 0 Å². The highest BCUT2D eigenvalue weighted by molar-refractivity contribution is 7.16. The summed E-state index contributed by atoms with van der Waals surface area (Å²) in [5.41, 5.74) is 11.3. The smallest absolute Gasteiger partial charge is 0.0931 e. The number of thiophene rings is 1. The minimum atomic E-state index is -0.0770. The molecule has 3 heteroatoms. The van der Waals surface area contributed by atoms with Crippen LogP contribution < -0.4 is 5.73 Å². The molecule has 2 N–H and O–H groups in total. The van der Waals surface area contributed by atoms with E-state index in [-0.39, 0.29) is 6.04 Å². The van der Waals surface area contributed by atoms with Crippen molar-refractivity contribution >= 4 is 22.9 Å². The number of benzene rings is 1. The summed E-state index contributed by atoms with van der Waals surface area (Å²) in [6.07, 6.45) is 0. The van der Waals surface area contributed by atoms with Crippen LogP contribution in [0.1, 0.15) is 33.2 Å². The van der Waals surface area contributed by atoms with Gasteiger partial charge in [0.1, 0.15) is 0 Å². The fourth-order valence-electron chi connectivity index (χ4n) is 1.97. The molecule has 1 unspecified atom stereocenters. The Balaban J connectivity index is 2.43. The zero-order valence-corrected chi connectivity index (χ0v) is 11.8. The quantitative estimate of drug-likeness (QED) is 0.857. The molecule has 90 valence electrons. The maximum Gasteiger partial charge on any atom is 0.0931 e. The molecule has 0 aliphatic rings. The van der Waals surface area contributed by atoms with Crippen LogP contribution in [0, 0.1) is 20.8 Å². The third-order valence-electron chi connectivity index (χ3n) is 3.12. The van der Waals surface area contributed by atoms with E-state index in [2.05, 4.69) is 32.9 Å². The average molecular weight is 266 g/mol. The number of nitrogens with two attached hydrogens (primary N) is 1. The molecule has 17 heavy (non-hydrogen) atoms. The first-order valence-electron chi connectivity index (χ1n) is 5.57. The van der Waals surface area contributed by atoms with Crippen molar-refractivity contribution in [2.24, 2.45) is 5.73 Å². The van der Waals surface area contributed by atoms with Crippen LogP contribution in [0.4, 0.5) is 0 Å². The van der Waals surface area contributed by atoms with Gasteiger partial charge in [-0.1, -0.05) is 23.7 Å². The van der Waals surface area contributed by atoms with Crippen LogP contribution in [0.3, 0.4) is 0 Å². The molecule has 0 fully saturated rings. The molecule has 2 rings (SSSR count). The van der Waals surface area contributed by atoms with E-state index < -0.39 is 0 Å². The third-order valence-corrected chi connectivity index (χ3v) is 4.43. The minimum absolute atomic E-state index is 0.0770. The van der Waals surface area contributed by atoms with Gasteiger partial charge in [0.15, 0.2) is 0 Å². The highest BCUT2D eigenvalue weighted by Crippen LogP contribution is 2.31. The SMILES string of the molecule is Cc1cc(C)c(C(N)c2ccc(Cl)s2)cc1C.